The molecular formula is C12H15BrClNS. The Labute approximate surface area is 115 Å². The molecule has 4 heteroatoms. The minimum atomic E-state index is 0.636. The van der Waals surface area contributed by atoms with Crippen molar-refractivity contribution in [1.82, 2.24) is 0 Å². The summed E-state index contributed by atoms with van der Waals surface area (Å²) < 4.78 is 0. The van der Waals surface area contributed by atoms with Crippen molar-refractivity contribution in [2.45, 2.75) is 17.8 Å². The lowest BCUT2D eigenvalue weighted by Gasteiger charge is -2.27. The van der Waals surface area contributed by atoms with Crippen LogP contribution >= 0.6 is 39.3 Å². The van der Waals surface area contributed by atoms with E-state index in [4.69, 9.17) is 11.6 Å². The lowest BCUT2D eigenvalue weighted by atomic mass is 10.1. The molecule has 0 spiro atoms. The van der Waals surface area contributed by atoms with Crippen molar-refractivity contribution in [2.24, 2.45) is 0 Å². The first-order valence-corrected chi connectivity index (χ1v) is 8.02. The molecule has 1 aromatic carbocycles. The zero-order valence-electron chi connectivity index (χ0n) is 9.25. The molecule has 0 N–H and O–H groups in total. The maximum atomic E-state index is 6.31. The van der Waals surface area contributed by atoms with Gasteiger partial charge in [0.2, 0.25) is 0 Å². The van der Waals surface area contributed by atoms with E-state index < -0.39 is 0 Å². The SMILES string of the molecule is CN(c1ccc(CBr)cc1Cl)C1CCSC1. The molecule has 1 aliphatic rings. The zero-order chi connectivity index (χ0) is 11.5. The second-order valence-electron chi connectivity index (χ2n) is 4.05. The highest BCUT2D eigenvalue weighted by Crippen LogP contribution is 2.31. The minimum Gasteiger partial charge on any atom is -0.370 e. The van der Waals surface area contributed by atoms with Gasteiger partial charge in [0, 0.05) is 24.2 Å². The van der Waals surface area contributed by atoms with Gasteiger partial charge >= 0.3 is 0 Å². The Bertz CT molecular complexity index is 366. The number of hydrogen-bond acceptors (Lipinski definition) is 2. The molecule has 1 saturated heterocycles. The van der Waals surface area contributed by atoms with Gasteiger partial charge in [0.25, 0.3) is 0 Å². The fourth-order valence-electron chi connectivity index (χ4n) is 1.94. The molecule has 0 aromatic heterocycles. The second-order valence-corrected chi connectivity index (χ2v) is 6.17. The Morgan fingerprint density at radius 2 is 2.38 bits per heavy atom. The van der Waals surface area contributed by atoms with Crippen LogP contribution in [0.5, 0.6) is 0 Å². The quantitative estimate of drug-likeness (QED) is 0.769. The predicted molar refractivity (Wildman–Crippen MR) is 78.2 cm³/mol. The first-order chi connectivity index (χ1) is 7.72. The van der Waals surface area contributed by atoms with Crippen LogP contribution in [0.15, 0.2) is 18.2 Å². The van der Waals surface area contributed by atoms with Crippen molar-refractivity contribution in [2.75, 3.05) is 23.5 Å². The van der Waals surface area contributed by atoms with Gasteiger partial charge in [-0.15, -0.1) is 0 Å². The summed E-state index contributed by atoms with van der Waals surface area (Å²) >= 11 is 11.8. The molecule has 0 radical (unpaired) electrons. The van der Waals surface area contributed by atoms with E-state index in [1.165, 1.54) is 23.5 Å². The van der Waals surface area contributed by atoms with Gasteiger partial charge < -0.3 is 4.90 Å². The molecule has 1 atom stereocenters. The largest absolute Gasteiger partial charge is 0.370 e. The lowest BCUT2D eigenvalue weighted by Crippen LogP contribution is -2.31. The summed E-state index contributed by atoms with van der Waals surface area (Å²) in [7, 11) is 2.14. The summed E-state index contributed by atoms with van der Waals surface area (Å²) in [6, 6.07) is 6.94. The first-order valence-electron chi connectivity index (χ1n) is 5.37. The Hall–Kier alpha value is 0.140. The number of rotatable bonds is 3. The molecule has 0 saturated carbocycles. The van der Waals surface area contributed by atoms with Gasteiger partial charge in [-0.3, -0.25) is 0 Å². The fraction of sp³-hybridized carbons (Fsp3) is 0.500. The number of hydrogen-bond donors (Lipinski definition) is 0. The molecule has 2 rings (SSSR count). The maximum absolute atomic E-state index is 6.31. The molecule has 0 amide bonds. The lowest BCUT2D eigenvalue weighted by molar-refractivity contribution is 0.700. The summed E-state index contributed by atoms with van der Waals surface area (Å²) in [6.45, 7) is 0. The number of benzene rings is 1. The van der Waals surface area contributed by atoms with Crippen molar-refractivity contribution in [3.63, 3.8) is 0 Å². The van der Waals surface area contributed by atoms with E-state index in [-0.39, 0.29) is 0 Å². The van der Waals surface area contributed by atoms with Crippen LogP contribution in [0.4, 0.5) is 5.69 Å². The monoisotopic (exact) mass is 319 g/mol. The highest BCUT2D eigenvalue weighted by Gasteiger charge is 2.21. The van der Waals surface area contributed by atoms with Crippen molar-refractivity contribution in [3.05, 3.63) is 28.8 Å². The Kier molecular flexibility index (Phi) is 4.45. The average molecular weight is 321 g/mol. The van der Waals surface area contributed by atoms with E-state index in [0.717, 1.165) is 16.0 Å². The molecule has 0 bridgehead atoms. The summed E-state index contributed by atoms with van der Waals surface area (Å²) in [5.74, 6) is 2.49. The van der Waals surface area contributed by atoms with Gasteiger partial charge in [-0.1, -0.05) is 33.6 Å². The van der Waals surface area contributed by atoms with E-state index in [1.54, 1.807) is 0 Å². The van der Waals surface area contributed by atoms with Crippen LogP contribution in [-0.2, 0) is 5.33 Å². The maximum Gasteiger partial charge on any atom is 0.0642 e. The second kappa shape index (κ2) is 5.65. The van der Waals surface area contributed by atoms with Gasteiger partial charge in [0.1, 0.15) is 0 Å². The molecule has 1 nitrogen and oxygen atoms in total. The smallest absolute Gasteiger partial charge is 0.0642 e. The molecule has 1 unspecified atom stereocenters. The molecule has 1 fully saturated rings. The number of nitrogens with zero attached hydrogens (tertiary/aromatic N) is 1. The molecule has 1 aliphatic heterocycles. The number of anilines is 1. The summed E-state index contributed by atoms with van der Waals surface area (Å²) in [4.78, 5) is 2.32. The van der Waals surface area contributed by atoms with E-state index >= 15 is 0 Å². The van der Waals surface area contributed by atoms with E-state index in [0.29, 0.717) is 6.04 Å². The highest BCUT2D eigenvalue weighted by atomic mass is 79.9. The molecule has 1 aromatic rings. The van der Waals surface area contributed by atoms with Crippen LogP contribution in [0.25, 0.3) is 0 Å². The molecule has 88 valence electrons. The van der Waals surface area contributed by atoms with Crippen LogP contribution < -0.4 is 4.90 Å². The topological polar surface area (TPSA) is 3.24 Å². The first kappa shape index (κ1) is 12.6. The van der Waals surface area contributed by atoms with Crippen LogP contribution in [-0.4, -0.2) is 24.6 Å². The Morgan fingerprint density at radius 3 is 2.94 bits per heavy atom. The average Bonchev–Trinajstić information content (AvgIpc) is 2.81. The van der Waals surface area contributed by atoms with Crippen molar-refractivity contribution in [3.8, 4) is 0 Å². The molecule has 1 heterocycles. The van der Waals surface area contributed by atoms with Crippen LogP contribution in [0.2, 0.25) is 5.02 Å². The van der Waals surface area contributed by atoms with Crippen LogP contribution in [0.3, 0.4) is 0 Å². The van der Waals surface area contributed by atoms with Gasteiger partial charge in [0.15, 0.2) is 0 Å². The van der Waals surface area contributed by atoms with Crippen LogP contribution in [0, 0.1) is 0 Å². The third kappa shape index (κ3) is 2.69. The number of alkyl halides is 1. The van der Waals surface area contributed by atoms with Crippen molar-refractivity contribution >= 4 is 45.0 Å². The molecular weight excluding hydrogens is 306 g/mol. The van der Waals surface area contributed by atoms with E-state index in [2.05, 4.69) is 40.0 Å². The predicted octanol–water partition coefficient (Wildman–Crippen LogP) is 4.18. The normalized spacial score (nSPS) is 20.1. The van der Waals surface area contributed by atoms with Crippen LogP contribution in [0.1, 0.15) is 12.0 Å². The van der Waals surface area contributed by atoms with E-state index in [9.17, 15) is 0 Å². The summed E-state index contributed by atoms with van der Waals surface area (Å²) in [5.41, 5.74) is 2.38. The number of halogens is 2. The van der Waals surface area contributed by atoms with Gasteiger partial charge in [-0.05, 0) is 29.9 Å². The molecule has 16 heavy (non-hydrogen) atoms. The molecule has 0 aliphatic carbocycles. The third-order valence-electron chi connectivity index (χ3n) is 3.00. The summed E-state index contributed by atoms with van der Waals surface area (Å²) in [5, 5.41) is 1.71. The Balaban J connectivity index is 2.19. The fourth-order valence-corrected chi connectivity index (χ4v) is 3.90. The number of thioether (sulfide) groups is 1. The van der Waals surface area contributed by atoms with Gasteiger partial charge in [-0.25, -0.2) is 0 Å². The Morgan fingerprint density at radius 1 is 1.56 bits per heavy atom. The van der Waals surface area contributed by atoms with Gasteiger partial charge in [0.05, 0.1) is 10.7 Å². The van der Waals surface area contributed by atoms with E-state index in [1.807, 2.05) is 17.8 Å². The van der Waals surface area contributed by atoms with Gasteiger partial charge in [-0.2, -0.15) is 11.8 Å². The third-order valence-corrected chi connectivity index (χ3v) is 5.09. The van der Waals surface area contributed by atoms with Crippen molar-refractivity contribution in [1.29, 1.82) is 0 Å². The summed E-state index contributed by atoms with van der Waals surface area (Å²) in [6.07, 6.45) is 1.26. The van der Waals surface area contributed by atoms with Crippen molar-refractivity contribution < 1.29 is 0 Å². The minimum absolute atomic E-state index is 0.636. The zero-order valence-corrected chi connectivity index (χ0v) is 12.4. The highest BCUT2D eigenvalue weighted by molar-refractivity contribution is 9.08. The standard InChI is InChI=1S/C12H15BrClNS/c1-15(10-4-5-16-8-10)12-3-2-9(7-13)6-11(12)14/h2-3,6,10H,4-5,7-8H2,1H3.